The van der Waals surface area contributed by atoms with Gasteiger partial charge < -0.3 is 4.90 Å². The van der Waals surface area contributed by atoms with Gasteiger partial charge in [-0.15, -0.1) is 0 Å². The van der Waals surface area contributed by atoms with E-state index in [0.717, 1.165) is 25.1 Å². The second-order valence-electron chi connectivity index (χ2n) is 7.37. The van der Waals surface area contributed by atoms with Gasteiger partial charge in [-0.25, -0.2) is 9.37 Å². The average molecular weight is 390 g/mol. The fourth-order valence-corrected chi connectivity index (χ4v) is 3.68. The van der Waals surface area contributed by atoms with Crippen LogP contribution in [-0.4, -0.2) is 46.4 Å². The van der Waals surface area contributed by atoms with Crippen LogP contribution in [0, 0.1) is 11.7 Å². The molecule has 2 aromatic rings. The molecule has 1 atom stereocenters. The number of carbonyl (C=O) groups excluding carboxylic acids is 1. The first-order chi connectivity index (χ1) is 12.9. The smallest absolute Gasteiger partial charge is 0.272 e. The maximum atomic E-state index is 13.2. The minimum absolute atomic E-state index is 0.0547. The molecule has 3 rings (SSSR count). The van der Waals surface area contributed by atoms with Gasteiger partial charge >= 0.3 is 0 Å². The van der Waals surface area contributed by atoms with Crippen LogP contribution >= 0.6 is 11.6 Å². The minimum Gasteiger partial charge on any atom is -0.336 e. The Morgan fingerprint density at radius 1 is 1.22 bits per heavy atom. The molecule has 1 aromatic heterocycles. The molecule has 27 heavy (non-hydrogen) atoms. The van der Waals surface area contributed by atoms with E-state index >= 15 is 0 Å². The van der Waals surface area contributed by atoms with Gasteiger partial charge in [-0.2, -0.15) is 0 Å². The summed E-state index contributed by atoms with van der Waals surface area (Å²) in [5, 5.41) is 0.521. The molecule has 1 aliphatic heterocycles. The van der Waals surface area contributed by atoms with Crippen molar-refractivity contribution in [1.82, 2.24) is 14.8 Å². The molecule has 2 heterocycles. The maximum Gasteiger partial charge on any atom is 0.272 e. The summed E-state index contributed by atoms with van der Waals surface area (Å²) in [6.45, 7) is 7.37. The number of pyridine rings is 1. The zero-order chi connectivity index (χ0) is 19.4. The summed E-state index contributed by atoms with van der Waals surface area (Å²) in [5.41, 5.74) is 1.51. The van der Waals surface area contributed by atoms with E-state index in [4.69, 9.17) is 11.6 Å². The molecule has 0 aliphatic carbocycles. The molecule has 0 saturated carbocycles. The number of amides is 1. The fraction of sp³-hybridized carbons (Fsp3) is 0.429. The molecule has 1 saturated heterocycles. The molecular weight excluding hydrogens is 365 g/mol. The quantitative estimate of drug-likeness (QED) is 0.784. The summed E-state index contributed by atoms with van der Waals surface area (Å²) >= 11 is 5.88. The van der Waals surface area contributed by atoms with Crippen LogP contribution in [-0.2, 0) is 6.54 Å². The topological polar surface area (TPSA) is 36.4 Å². The van der Waals surface area contributed by atoms with E-state index in [-0.39, 0.29) is 17.8 Å². The zero-order valence-electron chi connectivity index (χ0n) is 15.7. The Hall–Kier alpha value is -1.98. The second kappa shape index (κ2) is 8.81. The maximum absolute atomic E-state index is 13.2. The van der Waals surface area contributed by atoms with Gasteiger partial charge in [0.25, 0.3) is 5.91 Å². The van der Waals surface area contributed by atoms with E-state index in [1.165, 1.54) is 18.3 Å². The van der Waals surface area contributed by atoms with Gasteiger partial charge in [0.05, 0.1) is 5.02 Å². The third-order valence-corrected chi connectivity index (χ3v) is 5.28. The predicted molar refractivity (Wildman–Crippen MR) is 105 cm³/mol. The molecule has 0 bridgehead atoms. The molecule has 6 heteroatoms. The number of carbonyl (C=O) groups is 1. The van der Waals surface area contributed by atoms with Crippen LogP contribution in [0.4, 0.5) is 4.39 Å². The van der Waals surface area contributed by atoms with Crippen LogP contribution < -0.4 is 0 Å². The summed E-state index contributed by atoms with van der Waals surface area (Å²) in [4.78, 5) is 21.4. The van der Waals surface area contributed by atoms with E-state index in [1.54, 1.807) is 12.1 Å². The van der Waals surface area contributed by atoms with Crippen LogP contribution in [0.25, 0.3) is 0 Å². The van der Waals surface area contributed by atoms with Crippen molar-refractivity contribution in [3.63, 3.8) is 0 Å². The van der Waals surface area contributed by atoms with E-state index in [1.807, 2.05) is 17.0 Å². The first kappa shape index (κ1) is 19.8. The number of benzene rings is 1. The molecule has 1 amide bonds. The molecule has 0 radical (unpaired) electrons. The Labute approximate surface area is 165 Å². The monoisotopic (exact) mass is 389 g/mol. The summed E-state index contributed by atoms with van der Waals surface area (Å²) < 4.78 is 13.2. The Morgan fingerprint density at radius 2 is 1.96 bits per heavy atom. The number of aromatic nitrogens is 1. The van der Waals surface area contributed by atoms with E-state index in [9.17, 15) is 9.18 Å². The van der Waals surface area contributed by atoms with Crippen molar-refractivity contribution >= 4 is 17.5 Å². The van der Waals surface area contributed by atoms with Crippen LogP contribution in [0.2, 0.25) is 5.02 Å². The van der Waals surface area contributed by atoms with Crippen molar-refractivity contribution in [1.29, 1.82) is 0 Å². The molecule has 1 aromatic carbocycles. The lowest BCUT2D eigenvalue weighted by Crippen LogP contribution is -2.45. The van der Waals surface area contributed by atoms with Crippen molar-refractivity contribution in [2.75, 3.05) is 19.6 Å². The van der Waals surface area contributed by atoms with E-state index in [2.05, 4.69) is 23.7 Å². The SMILES string of the molecule is CC(C)[C@@H]1CN(C(=O)c2ccc(Cl)cn2)CCCN1Cc1ccc(F)cc1. The van der Waals surface area contributed by atoms with Gasteiger partial charge in [0.2, 0.25) is 0 Å². The van der Waals surface area contributed by atoms with Crippen molar-refractivity contribution in [3.8, 4) is 0 Å². The Kier molecular flexibility index (Phi) is 6.45. The molecule has 0 N–H and O–H groups in total. The molecule has 144 valence electrons. The third-order valence-electron chi connectivity index (χ3n) is 5.05. The van der Waals surface area contributed by atoms with Gasteiger partial charge in [0.15, 0.2) is 0 Å². The summed E-state index contributed by atoms with van der Waals surface area (Å²) in [6, 6.07) is 10.3. The predicted octanol–water partition coefficient (Wildman–Crippen LogP) is 4.25. The Bertz CT molecular complexity index is 764. The highest BCUT2D eigenvalue weighted by Gasteiger charge is 2.30. The van der Waals surface area contributed by atoms with E-state index < -0.39 is 0 Å². The molecule has 1 fully saturated rings. The number of halogens is 2. The molecule has 1 aliphatic rings. The molecule has 4 nitrogen and oxygen atoms in total. The lowest BCUT2D eigenvalue weighted by atomic mass is 10.0. The number of hydrogen-bond acceptors (Lipinski definition) is 3. The lowest BCUT2D eigenvalue weighted by Gasteiger charge is -2.34. The van der Waals surface area contributed by atoms with Crippen molar-refractivity contribution in [3.05, 3.63) is 64.7 Å². The summed E-state index contributed by atoms with van der Waals surface area (Å²) in [7, 11) is 0. The number of rotatable bonds is 4. The number of nitrogens with zero attached hydrogens (tertiary/aromatic N) is 3. The first-order valence-corrected chi connectivity index (χ1v) is 9.71. The Morgan fingerprint density at radius 3 is 2.59 bits per heavy atom. The van der Waals surface area contributed by atoms with Crippen molar-refractivity contribution in [2.45, 2.75) is 32.9 Å². The molecule has 0 spiro atoms. The molecule has 0 unspecified atom stereocenters. The van der Waals surface area contributed by atoms with Crippen LogP contribution in [0.5, 0.6) is 0 Å². The zero-order valence-corrected chi connectivity index (χ0v) is 16.5. The highest BCUT2D eigenvalue weighted by atomic mass is 35.5. The van der Waals surface area contributed by atoms with Crippen LogP contribution in [0.1, 0.15) is 36.3 Å². The average Bonchev–Trinajstić information content (AvgIpc) is 2.86. The first-order valence-electron chi connectivity index (χ1n) is 9.33. The van der Waals surface area contributed by atoms with E-state index in [0.29, 0.717) is 29.7 Å². The number of hydrogen-bond donors (Lipinski definition) is 0. The largest absolute Gasteiger partial charge is 0.336 e. The van der Waals surface area contributed by atoms with Crippen molar-refractivity contribution in [2.24, 2.45) is 5.92 Å². The summed E-state index contributed by atoms with van der Waals surface area (Å²) in [6.07, 6.45) is 2.40. The van der Waals surface area contributed by atoms with Crippen LogP contribution in [0.15, 0.2) is 42.6 Å². The highest BCUT2D eigenvalue weighted by molar-refractivity contribution is 6.30. The van der Waals surface area contributed by atoms with Gasteiger partial charge in [-0.1, -0.05) is 37.6 Å². The fourth-order valence-electron chi connectivity index (χ4n) is 3.56. The van der Waals surface area contributed by atoms with Crippen LogP contribution in [0.3, 0.4) is 0 Å². The van der Waals surface area contributed by atoms with Gasteiger partial charge in [-0.05, 0) is 42.2 Å². The second-order valence-corrected chi connectivity index (χ2v) is 7.81. The third kappa shape index (κ3) is 5.05. The lowest BCUT2D eigenvalue weighted by molar-refractivity contribution is 0.0696. The highest BCUT2D eigenvalue weighted by Crippen LogP contribution is 2.21. The standard InChI is InChI=1S/C21H25ClFN3O/c1-15(2)20-14-26(21(27)19-9-6-17(22)12-24-19)11-3-10-25(20)13-16-4-7-18(23)8-5-16/h4-9,12,15,20H,3,10-11,13-14H2,1-2H3/t20-/m0/s1. The van der Waals surface area contributed by atoms with Gasteiger partial charge in [0.1, 0.15) is 11.5 Å². The molecular formula is C21H25ClFN3O. The normalized spacial score (nSPS) is 18.6. The Balaban J connectivity index is 1.75. The van der Waals surface area contributed by atoms with Gasteiger partial charge in [0, 0.05) is 38.4 Å². The minimum atomic E-state index is -0.220. The summed E-state index contributed by atoms with van der Waals surface area (Å²) in [5.74, 6) is 0.111. The van der Waals surface area contributed by atoms with Gasteiger partial charge in [-0.3, -0.25) is 9.69 Å². The van der Waals surface area contributed by atoms with Crippen molar-refractivity contribution < 1.29 is 9.18 Å².